The Hall–Kier alpha value is -2.59. The Bertz CT molecular complexity index is 693. The Labute approximate surface area is 155 Å². The Morgan fingerprint density at radius 1 is 1.12 bits per heavy atom. The lowest BCUT2D eigenvalue weighted by Crippen LogP contribution is -2.19. The van der Waals surface area contributed by atoms with Crippen molar-refractivity contribution < 1.29 is 14.6 Å². The van der Waals surface area contributed by atoms with E-state index in [1.807, 2.05) is 37.3 Å². The van der Waals surface area contributed by atoms with Crippen LogP contribution in [0.15, 0.2) is 60.2 Å². The van der Waals surface area contributed by atoms with E-state index in [4.69, 9.17) is 9.84 Å². The van der Waals surface area contributed by atoms with Crippen molar-refractivity contribution in [2.24, 2.45) is 0 Å². The summed E-state index contributed by atoms with van der Waals surface area (Å²) in [7, 11) is 0. The molecule has 0 saturated heterocycles. The molecule has 0 aliphatic heterocycles. The van der Waals surface area contributed by atoms with E-state index in [2.05, 4.69) is 35.7 Å². The fraction of sp³-hybridized carbons (Fsp3) is 0.318. The van der Waals surface area contributed by atoms with Gasteiger partial charge in [0.25, 0.3) is 0 Å². The minimum Gasteiger partial charge on any atom is -0.494 e. The van der Waals surface area contributed by atoms with E-state index in [1.54, 1.807) is 0 Å². The quantitative estimate of drug-likeness (QED) is 0.596. The molecule has 0 spiro atoms. The first-order valence-electron chi connectivity index (χ1n) is 9.00. The minimum absolute atomic E-state index is 0.142. The van der Waals surface area contributed by atoms with Gasteiger partial charge in [0.15, 0.2) is 0 Å². The molecule has 0 unspecified atom stereocenters. The number of benzene rings is 2. The monoisotopic (exact) mass is 353 g/mol. The molecule has 0 heterocycles. The number of rotatable bonds is 11. The second kappa shape index (κ2) is 11.1. The van der Waals surface area contributed by atoms with E-state index in [0.29, 0.717) is 19.7 Å². The lowest BCUT2D eigenvalue weighted by molar-refractivity contribution is -0.136. The zero-order valence-electron chi connectivity index (χ0n) is 15.3. The molecular weight excluding hydrogens is 326 g/mol. The molecule has 0 fully saturated rings. The van der Waals surface area contributed by atoms with Crippen molar-refractivity contribution in [3.8, 4) is 5.75 Å². The van der Waals surface area contributed by atoms with Gasteiger partial charge in [-0.15, -0.1) is 0 Å². The van der Waals surface area contributed by atoms with Gasteiger partial charge in [0.1, 0.15) is 5.75 Å². The zero-order valence-corrected chi connectivity index (χ0v) is 15.3. The van der Waals surface area contributed by atoms with Gasteiger partial charge in [-0.05, 0) is 43.0 Å². The smallest absolute Gasteiger partial charge is 0.304 e. The van der Waals surface area contributed by atoms with Crippen molar-refractivity contribution in [1.29, 1.82) is 0 Å². The Morgan fingerprint density at radius 3 is 2.54 bits per heavy atom. The van der Waals surface area contributed by atoms with Gasteiger partial charge in [-0.3, -0.25) is 4.79 Å². The maximum atomic E-state index is 10.5. The highest BCUT2D eigenvalue weighted by Crippen LogP contribution is 2.15. The van der Waals surface area contributed by atoms with Crippen LogP contribution in [0.1, 0.15) is 30.9 Å². The second-order valence-corrected chi connectivity index (χ2v) is 6.32. The van der Waals surface area contributed by atoms with Crippen LogP contribution in [-0.2, 0) is 11.2 Å². The molecule has 4 nitrogen and oxygen atoms in total. The van der Waals surface area contributed by atoms with Crippen molar-refractivity contribution in [3.63, 3.8) is 0 Å². The van der Waals surface area contributed by atoms with Gasteiger partial charge < -0.3 is 15.2 Å². The van der Waals surface area contributed by atoms with Gasteiger partial charge in [0, 0.05) is 13.1 Å². The van der Waals surface area contributed by atoms with E-state index in [1.165, 1.54) is 5.56 Å². The average molecular weight is 353 g/mol. The maximum Gasteiger partial charge on any atom is 0.304 e. The number of hydrogen-bond donors (Lipinski definition) is 2. The highest BCUT2D eigenvalue weighted by atomic mass is 16.5. The normalized spacial score (nSPS) is 11.3. The van der Waals surface area contributed by atoms with Crippen LogP contribution in [0.3, 0.4) is 0 Å². The maximum absolute atomic E-state index is 10.5. The highest BCUT2D eigenvalue weighted by Gasteiger charge is 1.98. The number of carbonyl (C=O) groups is 1. The molecular formula is C22H27NO3. The summed E-state index contributed by atoms with van der Waals surface area (Å²) < 4.78 is 5.80. The Balaban J connectivity index is 1.69. The summed E-state index contributed by atoms with van der Waals surface area (Å²) in [6.45, 7) is 3.90. The molecule has 138 valence electrons. The lowest BCUT2D eigenvalue weighted by atomic mass is 10.1. The van der Waals surface area contributed by atoms with Crippen molar-refractivity contribution >= 4 is 12.0 Å². The largest absolute Gasteiger partial charge is 0.494 e. The van der Waals surface area contributed by atoms with Crippen molar-refractivity contribution in [2.75, 3.05) is 19.7 Å². The number of aryl methyl sites for hydroxylation is 1. The predicted molar refractivity (Wildman–Crippen MR) is 105 cm³/mol. The van der Waals surface area contributed by atoms with Gasteiger partial charge in [-0.2, -0.15) is 0 Å². The molecule has 0 amide bonds. The number of ether oxygens (including phenoxy) is 1. The fourth-order valence-corrected chi connectivity index (χ4v) is 2.59. The summed E-state index contributed by atoms with van der Waals surface area (Å²) in [6, 6.07) is 18.5. The summed E-state index contributed by atoms with van der Waals surface area (Å²) >= 11 is 0. The molecule has 4 heteroatoms. The molecule has 2 N–H and O–H groups in total. The van der Waals surface area contributed by atoms with Crippen LogP contribution in [-0.4, -0.2) is 30.8 Å². The molecule has 0 atom stereocenters. The molecule has 2 aromatic carbocycles. The number of hydrogen-bond acceptors (Lipinski definition) is 3. The average Bonchev–Trinajstić information content (AvgIpc) is 2.64. The van der Waals surface area contributed by atoms with Crippen molar-refractivity contribution in [1.82, 2.24) is 5.32 Å². The van der Waals surface area contributed by atoms with Gasteiger partial charge in [-0.1, -0.05) is 54.1 Å². The van der Waals surface area contributed by atoms with Crippen molar-refractivity contribution in [3.05, 3.63) is 71.3 Å². The van der Waals surface area contributed by atoms with E-state index >= 15 is 0 Å². The molecule has 0 bridgehead atoms. The van der Waals surface area contributed by atoms with Gasteiger partial charge in [-0.25, -0.2) is 0 Å². The molecule has 0 saturated carbocycles. The first-order chi connectivity index (χ1) is 12.6. The van der Waals surface area contributed by atoms with Gasteiger partial charge in [0.05, 0.1) is 13.0 Å². The summed E-state index contributed by atoms with van der Waals surface area (Å²) in [5.74, 6) is 0.103. The molecule has 26 heavy (non-hydrogen) atoms. The SMILES string of the molecule is C/C(=C\c1ccc(OCCCc2ccccc2)cc1)CNCCC(=O)O. The van der Waals surface area contributed by atoms with Crippen LogP contribution >= 0.6 is 0 Å². The van der Waals surface area contributed by atoms with Crippen LogP contribution < -0.4 is 10.1 Å². The van der Waals surface area contributed by atoms with E-state index in [-0.39, 0.29) is 6.42 Å². The molecule has 2 aromatic rings. The molecule has 2 rings (SSSR count). The van der Waals surface area contributed by atoms with Crippen LogP contribution in [0.5, 0.6) is 5.75 Å². The van der Waals surface area contributed by atoms with Crippen molar-refractivity contribution in [2.45, 2.75) is 26.2 Å². The second-order valence-electron chi connectivity index (χ2n) is 6.32. The Morgan fingerprint density at radius 2 is 1.85 bits per heavy atom. The third-order valence-corrected chi connectivity index (χ3v) is 3.93. The van der Waals surface area contributed by atoms with E-state index in [9.17, 15) is 4.79 Å². The number of nitrogens with one attached hydrogen (secondary N) is 1. The predicted octanol–water partition coefficient (Wildman–Crippen LogP) is 4.17. The third kappa shape index (κ3) is 7.99. The van der Waals surface area contributed by atoms with E-state index < -0.39 is 5.97 Å². The van der Waals surface area contributed by atoms with Crippen LogP contribution in [0.2, 0.25) is 0 Å². The fourth-order valence-electron chi connectivity index (χ4n) is 2.59. The highest BCUT2D eigenvalue weighted by molar-refractivity contribution is 5.66. The summed E-state index contributed by atoms with van der Waals surface area (Å²) in [4.78, 5) is 10.5. The first-order valence-corrected chi connectivity index (χ1v) is 9.00. The third-order valence-electron chi connectivity index (χ3n) is 3.93. The summed E-state index contributed by atoms with van der Waals surface area (Å²) in [6.07, 6.45) is 4.25. The number of aliphatic carboxylic acids is 1. The van der Waals surface area contributed by atoms with Crippen LogP contribution in [0.4, 0.5) is 0 Å². The topological polar surface area (TPSA) is 58.6 Å². The first kappa shape index (κ1) is 19.7. The van der Waals surface area contributed by atoms with Gasteiger partial charge >= 0.3 is 5.97 Å². The van der Waals surface area contributed by atoms with Gasteiger partial charge in [0.2, 0.25) is 0 Å². The Kier molecular flexibility index (Phi) is 8.43. The van der Waals surface area contributed by atoms with Crippen LogP contribution in [0, 0.1) is 0 Å². The van der Waals surface area contributed by atoms with Crippen LogP contribution in [0.25, 0.3) is 6.08 Å². The number of carboxylic acids is 1. The molecule has 0 radical (unpaired) electrons. The lowest BCUT2D eigenvalue weighted by Gasteiger charge is -2.07. The molecule has 0 aliphatic rings. The summed E-state index contributed by atoms with van der Waals surface area (Å²) in [5.41, 5.74) is 3.61. The summed E-state index contributed by atoms with van der Waals surface area (Å²) in [5, 5.41) is 11.7. The zero-order chi connectivity index (χ0) is 18.6. The molecule has 0 aliphatic carbocycles. The van der Waals surface area contributed by atoms with E-state index in [0.717, 1.165) is 29.7 Å². The minimum atomic E-state index is -0.779. The standard InChI is InChI=1S/C22H27NO3/c1-18(17-23-14-13-22(24)25)16-20-9-11-21(12-10-20)26-15-5-8-19-6-3-2-4-7-19/h2-4,6-7,9-12,16,23H,5,8,13-15,17H2,1H3,(H,24,25)/b18-16+. The number of carboxylic acid groups (broad SMARTS) is 1. The molecule has 0 aromatic heterocycles.